The van der Waals surface area contributed by atoms with Crippen LogP contribution in [0.3, 0.4) is 0 Å². The Morgan fingerprint density at radius 2 is 1.95 bits per heavy atom. The SMILES string of the molecule is Cc1ccnc(Cn2c(-c3ccc(OCCN4CCNCC4)cc3Cl)nc3c(N(C)CC4CCC4)ncnc32)c1. The van der Waals surface area contributed by atoms with E-state index in [2.05, 4.69) is 49.7 Å². The number of pyridine rings is 1. The molecule has 1 N–H and O–H groups in total. The molecule has 2 aliphatic rings. The minimum atomic E-state index is 0.523. The molecule has 4 heterocycles. The second-order valence-electron chi connectivity index (χ2n) is 11.0. The van der Waals surface area contributed by atoms with E-state index in [9.17, 15) is 0 Å². The van der Waals surface area contributed by atoms with Crippen molar-refractivity contribution < 1.29 is 4.74 Å². The maximum Gasteiger partial charge on any atom is 0.166 e. The maximum absolute atomic E-state index is 6.90. The van der Waals surface area contributed by atoms with E-state index < -0.39 is 0 Å². The highest BCUT2D eigenvalue weighted by atomic mass is 35.5. The molecule has 4 aromatic rings. The van der Waals surface area contributed by atoms with Crippen molar-refractivity contribution >= 4 is 28.6 Å². The van der Waals surface area contributed by atoms with Crippen molar-refractivity contribution in [1.82, 2.24) is 34.7 Å². The molecule has 1 aromatic carbocycles. The van der Waals surface area contributed by atoms with Gasteiger partial charge in [-0.1, -0.05) is 18.0 Å². The topological polar surface area (TPSA) is 84.2 Å². The first kappa shape index (κ1) is 26.9. The van der Waals surface area contributed by atoms with E-state index in [-0.39, 0.29) is 0 Å². The first-order valence-electron chi connectivity index (χ1n) is 14.2. The standard InChI is InChI=1S/C30H37ClN8O/c1-21-8-9-33-23(16-21)19-39-28(36-27-29(34-20-35-30(27)39)37(2)18-22-4-3-5-22)25-7-6-24(17-26(25)31)40-15-14-38-12-10-32-11-13-38/h6-9,16-17,20,22,32H,3-5,10-15,18-19H2,1-2H3. The molecule has 1 saturated heterocycles. The quantitative estimate of drug-likeness (QED) is 0.305. The van der Waals surface area contributed by atoms with Crippen molar-refractivity contribution in [3.8, 4) is 17.1 Å². The zero-order valence-corrected chi connectivity index (χ0v) is 24.1. The number of imidazole rings is 1. The van der Waals surface area contributed by atoms with Crippen LogP contribution < -0.4 is 15.0 Å². The largest absolute Gasteiger partial charge is 0.492 e. The Morgan fingerprint density at radius 1 is 1.10 bits per heavy atom. The Morgan fingerprint density at radius 3 is 2.70 bits per heavy atom. The van der Waals surface area contributed by atoms with E-state index in [0.717, 1.165) is 84.6 Å². The van der Waals surface area contributed by atoms with Gasteiger partial charge in [0.1, 0.15) is 24.5 Å². The lowest BCUT2D eigenvalue weighted by molar-refractivity contribution is 0.191. The van der Waals surface area contributed by atoms with Crippen LogP contribution in [-0.4, -0.2) is 82.3 Å². The average molecular weight is 561 g/mol. The van der Waals surface area contributed by atoms with E-state index in [1.807, 2.05) is 30.5 Å². The maximum atomic E-state index is 6.90. The van der Waals surface area contributed by atoms with Crippen LogP contribution in [0.1, 0.15) is 30.5 Å². The second-order valence-corrected chi connectivity index (χ2v) is 11.4. The van der Waals surface area contributed by atoms with Crippen molar-refractivity contribution in [3.63, 3.8) is 0 Å². The highest BCUT2D eigenvalue weighted by Crippen LogP contribution is 2.35. The molecule has 10 heteroatoms. The highest BCUT2D eigenvalue weighted by molar-refractivity contribution is 6.33. The molecule has 1 saturated carbocycles. The number of halogens is 1. The van der Waals surface area contributed by atoms with Crippen LogP contribution in [0.2, 0.25) is 5.02 Å². The smallest absolute Gasteiger partial charge is 0.166 e. The van der Waals surface area contributed by atoms with Crippen LogP contribution in [0.25, 0.3) is 22.6 Å². The molecule has 0 spiro atoms. The summed E-state index contributed by atoms with van der Waals surface area (Å²) in [4.78, 5) is 23.7. The first-order chi connectivity index (χ1) is 19.5. The zero-order valence-electron chi connectivity index (χ0n) is 23.3. The number of aryl methyl sites for hydroxylation is 1. The lowest BCUT2D eigenvalue weighted by atomic mass is 9.85. The van der Waals surface area contributed by atoms with Gasteiger partial charge in [-0.3, -0.25) is 9.88 Å². The summed E-state index contributed by atoms with van der Waals surface area (Å²) in [5.41, 5.74) is 4.48. The van der Waals surface area contributed by atoms with Crippen molar-refractivity contribution in [2.24, 2.45) is 5.92 Å². The van der Waals surface area contributed by atoms with Gasteiger partial charge in [0.2, 0.25) is 0 Å². The fourth-order valence-corrected chi connectivity index (χ4v) is 5.81. The number of hydrogen-bond donors (Lipinski definition) is 1. The number of hydrogen-bond acceptors (Lipinski definition) is 8. The van der Waals surface area contributed by atoms with Gasteiger partial charge in [0.15, 0.2) is 17.0 Å². The van der Waals surface area contributed by atoms with Crippen LogP contribution in [0.4, 0.5) is 5.82 Å². The van der Waals surface area contributed by atoms with Crippen molar-refractivity contribution in [3.05, 3.63) is 59.1 Å². The third kappa shape index (κ3) is 5.92. The summed E-state index contributed by atoms with van der Waals surface area (Å²) in [6.45, 7) is 9.25. The predicted molar refractivity (Wildman–Crippen MR) is 159 cm³/mol. The molecular weight excluding hydrogens is 524 g/mol. The van der Waals surface area contributed by atoms with Gasteiger partial charge >= 0.3 is 0 Å². The Bertz CT molecular complexity index is 1460. The van der Waals surface area contributed by atoms with E-state index >= 15 is 0 Å². The molecule has 2 fully saturated rings. The normalized spacial score (nSPS) is 16.3. The number of fused-ring (bicyclic) bond motifs is 1. The monoisotopic (exact) mass is 560 g/mol. The zero-order chi connectivity index (χ0) is 27.5. The highest BCUT2D eigenvalue weighted by Gasteiger charge is 2.24. The van der Waals surface area contributed by atoms with Crippen LogP contribution in [-0.2, 0) is 6.54 Å². The molecule has 210 valence electrons. The predicted octanol–water partition coefficient (Wildman–Crippen LogP) is 4.42. The number of aromatic nitrogens is 5. The molecule has 0 amide bonds. The van der Waals surface area contributed by atoms with Crippen molar-refractivity contribution in [2.75, 3.05) is 57.8 Å². The average Bonchev–Trinajstić information content (AvgIpc) is 3.29. The van der Waals surface area contributed by atoms with Gasteiger partial charge in [0.25, 0.3) is 0 Å². The van der Waals surface area contributed by atoms with Crippen LogP contribution in [0.15, 0.2) is 42.9 Å². The van der Waals surface area contributed by atoms with Gasteiger partial charge in [-0.25, -0.2) is 15.0 Å². The molecule has 0 atom stereocenters. The van der Waals surface area contributed by atoms with Gasteiger partial charge in [-0.2, -0.15) is 0 Å². The van der Waals surface area contributed by atoms with E-state index in [4.69, 9.17) is 26.3 Å². The van der Waals surface area contributed by atoms with Gasteiger partial charge in [-0.15, -0.1) is 0 Å². The van der Waals surface area contributed by atoms with Gasteiger partial charge in [-0.05, 0) is 61.6 Å². The summed E-state index contributed by atoms with van der Waals surface area (Å²) in [6.07, 6.45) is 7.34. The number of ether oxygens (including phenoxy) is 1. The molecule has 0 unspecified atom stereocenters. The molecular formula is C30H37ClN8O. The third-order valence-electron chi connectivity index (χ3n) is 7.99. The van der Waals surface area contributed by atoms with Gasteiger partial charge in [0, 0.05) is 58.1 Å². The fourth-order valence-electron chi connectivity index (χ4n) is 5.55. The summed E-state index contributed by atoms with van der Waals surface area (Å²) in [6, 6.07) is 9.96. The summed E-state index contributed by atoms with van der Waals surface area (Å²) >= 11 is 6.90. The van der Waals surface area contributed by atoms with Crippen LogP contribution in [0.5, 0.6) is 5.75 Å². The molecule has 0 bridgehead atoms. The van der Waals surface area contributed by atoms with Crippen molar-refractivity contribution in [2.45, 2.75) is 32.7 Å². The number of nitrogens with one attached hydrogen (secondary N) is 1. The summed E-state index contributed by atoms with van der Waals surface area (Å²) < 4.78 is 8.17. The Balaban J connectivity index is 1.32. The van der Waals surface area contributed by atoms with Crippen LogP contribution >= 0.6 is 11.6 Å². The summed E-state index contributed by atoms with van der Waals surface area (Å²) in [5, 5.41) is 3.97. The molecule has 6 rings (SSSR count). The lowest BCUT2D eigenvalue weighted by Gasteiger charge is -2.30. The molecule has 3 aromatic heterocycles. The number of piperazine rings is 1. The van der Waals surface area contributed by atoms with Gasteiger partial charge < -0.3 is 19.5 Å². The Labute approximate surface area is 240 Å². The third-order valence-corrected chi connectivity index (χ3v) is 8.30. The molecule has 9 nitrogen and oxygen atoms in total. The summed E-state index contributed by atoms with van der Waals surface area (Å²) in [7, 11) is 2.10. The van der Waals surface area contributed by atoms with E-state index in [1.54, 1.807) is 6.33 Å². The molecule has 1 aliphatic heterocycles. The number of nitrogens with zero attached hydrogens (tertiary/aromatic N) is 7. The number of benzene rings is 1. The van der Waals surface area contributed by atoms with E-state index in [1.165, 1.54) is 19.3 Å². The molecule has 1 aliphatic carbocycles. The van der Waals surface area contributed by atoms with Crippen LogP contribution in [0, 0.1) is 12.8 Å². The molecule has 0 radical (unpaired) electrons. The second kappa shape index (κ2) is 12.1. The van der Waals surface area contributed by atoms with E-state index in [0.29, 0.717) is 24.1 Å². The lowest BCUT2D eigenvalue weighted by Crippen LogP contribution is -2.44. The minimum absolute atomic E-state index is 0.523. The molecule has 40 heavy (non-hydrogen) atoms. The van der Waals surface area contributed by atoms with Crippen molar-refractivity contribution in [1.29, 1.82) is 0 Å². The Kier molecular flexibility index (Phi) is 8.13. The minimum Gasteiger partial charge on any atom is -0.492 e. The fraction of sp³-hybridized carbons (Fsp3) is 0.467. The number of anilines is 1. The van der Waals surface area contributed by atoms with Gasteiger partial charge in [0.05, 0.1) is 17.3 Å². The Hall–Kier alpha value is -3.27. The number of rotatable bonds is 10. The summed E-state index contributed by atoms with van der Waals surface area (Å²) in [5.74, 6) is 3.06. The first-order valence-corrected chi connectivity index (χ1v) is 14.6.